The largest absolute Gasteiger partial charge is 0.339 e. The van der Waals surface area contributed by atoms with Gasteiger partial charge in [0.25, 0.3) is 0 Å². The minimum atomic E-state index is 0.185. The molecule has 0 aromatic carbocycles. The molecule has 1 rings (SSSR count). The maximum absolute atomic E-state index is 12.0. The molecule has 1 fully saturated rings. The third kappa shape index (κ3) is 4.79. The Morgan fingerprint density at radius 3 is 2.82 bits per heavy atom. The van der Waals surface area contributed by atoms with Gasteiger partial charge >= 0.3 is 0 Å². The summed E-state index contributed by atoms with van der Waals surface area (Å²) in [5, 5.41) is 3.48. The van der Waals surface area contributed by atoms with Crippen molar-refractivity contribution in [1.29, 1.82) is 0 Å². The highest BCUT2D eigenvalue weighted by Gasteiger charge is 2.21. The molecule has 1 amide bonds. The number of nitrogens with zero attached hydrogens (tertiary/aromatic N) is 1. The van der Waals surface area contributed by atoms with Crippen LogP contribution in [0, 0.1) is 12.3 Å². The Hall–Kier alpha value is -1.01. The molecule has 3 heteroatoms. The zero-order chi connectivity index (χ0) is 12.7. The predicted octanol–water partition coefficient (Wildman–Crippen LogP) is 1.78. The normalized spacial score (nSPS) is 20.0. The fraction of sp³-hybridized carbons (Fsp3) is 0.786. The smallest absolute Gasteiger partial charge is 0.223 e. The van der Waals surface area contributed by atoms with E-state index in [9.17, 15) is 4.79 Å². The van der Waals surface area contributed by atoms with Crippen LogP contribution in [-0.2, 0) is 4.79 Å². The molecule has 0 aromatic rings. The average molecular weight is 236 g/mol. The highest BCUT2D eigenvalue weighted by Crippen LogP contribution is 2.11. The maximum atomic E-state index is 12.0. The van der Waals surface area contributed by atoms with Crippen molar-refractivity contribution in [2.75, 3.05) is 13.1 Å². The van der Waals surface area contributed by atoms with Crippen LogP contribution in [0.15, 0.2) is 0 Å². The minimum Gasteiger partial charge on any atom is -0.339 e. The van der Waals surface area contributed by atoms with Gasteiger partial charge in [-0.3, -0.25) is 4.79 Å². The summed E-state index contributed by atoms with van der Waals surface area (Å²) >= 11 is 0. The Bertz CT molecular complexity index is 274. The summed E-state index contributed by atoms with van der Waals surface area (Å²) in [6.45, 7) is 6.03. The molecule has 3 nitrogen and oxygen atoms in total. The van der Waals surface area contributed by atoms with Gasteiger partial charge < -0.3 is 10.2 Å². The second-order valence-corrected chi connectivity index (χ2v) is 4.99. The Labute approximate surface area is 105 Å². The number of amides is 1. The summed E-state index contributed by atoms with van der Waals surface area (Å²) < 4.78 is 0. The van der Waals surface area contributed by atoms with E-state index in [4.69, 9.17) is 6.42 Å². The van der Waals surface area contributed by atoms with Gasteiger partial charge in [0.1, 0.15) is 0 Å². The standard InChI is InChI=1S/C14H24N2O/c1-4-5-9-14(17)16(12(2)3)11-13-8-6-7-10-15-13/h1,12-13,15H,5-11H2,2-3H3. The van der Waals surface area contributed by atoms with Crippen LogP contribution in [0.5, 0.6) is 0 Å². The van der Waals surface area contributed by atoms with Crippen molar-refractivity contribution in [3.05, 3.63) is 0 Å². The van der Waals surface area contributed by atoms with E-state index in [0.717, 1.165) is 13.1 Å². The van der Waals surface area contributed by atoms with Crippen LogP contribution in [0.3, 0.4) is 0 Å². The number of piperidine rings is 1. The predicted molar refractivity (Wildman–Crippen MR) is 70.6 cm³/mol. The molecule has 1 heterocycles. The molecule has 1 N–H and O–H groups in total. The lowest BCUT2D eigenvalue weighted by Crippen LogP contribution is -2.48. The number of hydrogen-bond donors (Lipinski definition) is 1. The topological polar surface area (TPSA) is 32.3 Å². The molecule has 0 radical (unpaired) electrons. The van der Waals surface area contributed by atoms with E-state index in [1.807, 2.05) is 4.90 Å². The van der Waals surface area contributed by atoms with Crippen molar-refractivity contribution in [3.63, 3.8) is 0 Å². The zero-order valence-electron chi connectivity index (χ0n) is 11.0. The van der Waals surface area contributed by atoms with Crippen molar-refractivity contribution < 1.29 is 4.79 Å². The number of carbonyl (C=O) groups excluding carboxylic acids is 1. The molecule has 1 aliphatic heterocycles. The monoisotopic (exact) mass is 236 g/mol. The van der Waals surface area contributed by atoms with Crippen LogP contribution < -0.4 is 5.32 Å². The van der Waals surface area contributed by atoms with Crippen LogP contribution in [0.4, 0.5) is 0 Å². The van der Waals surface area contributed by atoms with E-state index in [1.165, 1.54) is 19.3 Å². The maximum Gasteiger partial charge on any atom is 0.223 e. The van der Waals surface area contributed by atoms with E-state index in [-0.39, 0.29) is 11.9 Å². The summed E-state index contributed by atoms with van der Waals surface area (Å²) in [6.07, 6.45) is 9.91. The number of nitrogens with one attached hydrogen (secondary N) is 1. The summed E-state index contributed by atoms with van der Waals surface area (Å²) in [5.41, 5.74) is 0. The minimum absolute atomic E-state index is 0.185. The van der Waals surface area contributed by atoms with Gasteiger partial charge in [0.05, 0.1) is 0 Å². The molecule has 0 saturated carbocycles. The summed E-state index contributed by atoms with van der Waals surface area (Å²) in [5.74, 6) is 2.72. The van der Waals surface area contributed by atoms with Crippen LogP contribution in [0.1, 0.15) is 46.0 Å². The quantitative estimate of drug-likeness (QED) is 0.738. The number of carbonyl (C=O) groups is 1. The molecule has 96 valence electrons. The Balaban J connectivity index is 2.47. The first-order valence-corrected chi connectivity index (χ1v) is 6.61. The van der Waals surface area contributed by atoms with Gasteiger partial charge in [0.15, 0.2) is 0 Å². The molecular weight excluding hydrogens is 212 g/mol. The number of rotatable bonds is 5. The highest BCUT2D eigenvalue weighted by molar-refractivity contribution is 5.76. The first-order valence-electron chi connectivity index (χ1n) is 6.61. The van der Waals surface area contributed by atoms with Crippen LogP contribution >= 0.6 is 0 Å². The van der Waals surface area contributed by atoms with Crippen LogP contribution in [-0.4, -0.2) is 36.0 Å². The third-order valence-corrected chi connectivity index (χ3v) is 3.26. The van der Waals surface area contributed by atoms with E-state index in [1.54, 1.807) is 0 Å². The lowest BCUT2D eigenvalue weighted by Gasteiger charge is -2.33. The first-order chi connectivity index (χ1) is 8.15. The van der Waals surface area contributed by atoms with Gasteiger partial charge in [-0.25, -0.2) is 0 Å². The molecule has 1 atom stereocenters. The van der Waals surface area contributed by atoms with Gasteiger partial charge in [-0.15, -0.1) is 12.3 Å². The lowest BCUT2D eigenvalue weighted by molar-refractivity contribution is -0.133. The third-order valence-electron chi connectivity index (χ3n) is 3.26. The number of terminal acetylenes is 1. The molecular formula is C14H24N2O. The van der Waals surface area contributed by atoms with Crippen molar-refractivity contribution in [2.24, 2.45) is 0 Å². The summed E-state index contributed by atoms with van der Waals surface area (Å²) in [4.78, 5) is 14.0. The Morgan fingerprint density at radius 1 is 1.53 bits per heavy atom. The van der Waals surface area contributed by atoms with E-state index in [0.29, 0.717) is 18.9 Å². The lowest BCUT2D eigenvalue weighted by atomic mass is 10.0. The average Bonchev–Trinajstić information content (AvgIpc) is 2.34. The van der Waals surface area contributed by atoms with Crippen molar-refractivity contribution in [3.8, 4) is 12.3 Å². The van der Waals surface area contributed by atoms with Gasteiger partial charge in [-0.2, -0.15) is 0 Å². The second kappa shape index (κ2) is 7.34. The fourth-order valence-corrected chi connectivity index (χ4v) is 2.24. The van der Waals surface area contributed by atoms with Crippen LogP contribution in [0.2, 0.25) is 0 Å². The Morgan fingerprint density at radius 2 is 2.29 bits per heavy atom. The van der Waals surface area contributed by atoms with Crippen molar-refractivity contribution in [2.45, 2.75) is 58.0 Å². The zero-order valence-corrected chi connectivity index (χ0v) is 11.0. The highest BCUT2D eigenvalue weighted by atomic mass is 16.2. The van der Waals surface area contributed by atoms with Gasteiger partial charge in [-0.05, 0) is 33.2 Å². The van der Waals surface area contributed by atoms with Gasteiger partial charge in [-0.1, -0.05) is 6.42 Å². The SMILES string of the molecule is C#CCCC(=O)N(CC1CCCCN1)C(C)C. The molecule has 1 aliphatic rings. The molecule has 0 spiro atoms. The van der Waals surface area contributed by atoms with Gasteiger partial charge in [0, 0.05) is 31.5 Å². The van der Waals surface area contributed by atoms with Crippen LogP contribution in [0.25, 0.3) is 0 Å². The van der Waals surface area contributed by atoms with Crippen molar-refractivity contribution >= 4 is 5.91 Å². The van der Waals surface area contributed by atoms with E-state index >= 15 is 0 Å². The molecule has 17 heavy (non-hydrogen) atoms. The Kier molecular flexibility index (Phi) is 6.07. The number of hydrogen-bond acceptors (Lipinski definition) is 2. The molecule has 0 aromatic heterocycles. The second-order valence-electron chi connectivity index (χ2n) is 4.99. The first kappa shape index (κ1) is 14.1. The molecule has 1 saturated heterocycles. The summed E-state index contributed by atoms with van der Waals surface area (Å²) in [7, 11) is 0. The van der Waals surface area contributed by atoms with E-state index in [2.05, 4.69) is 25.1 Å². The summed E-state index contributed by atoms with van der Waals surface area (Å²) in [6, 6.07) is 0.713. The molecule has 0 bridgehead atoms. The van der Waals surface area contributed by atoms with E-state index < -0.39 is 0 Å². The molecule has 1 unspecified atom stereocenters. The van der Waals surface area contributed by atoms with Crippen molar-refractivity contribution in [1.82, 2.24) is 10.2 Å². The molecule has 0 aliphatic carbocycles. The van der Waals surface area contributed by atoms with Gasteiger partial charge in [0.2, 0.25) is 5.91 Å². The fourth-order valence-electron chi connectivity index (χ4n) is 2.24.